The van der Waals surface area contributed by atoms with Crippen LogP contribution in [0.4, 0.5) is 35.3 Å². The Bertz CT molecular complexity index is 828. The highest BCUT2D eigenvalue weighted by Gasteiger charge is 2.23. The first-order valence-electron chi connectivity index (χ1n) is 8.38. The highest BCUT2D eigenvalue weighted by atomic mass is 19.2. The van der Waals surface area contributed by atoms with Gasteiger partial charge in [-0.05, 0) is 19.1 Å². The Kier molecular flexibility index (Phi) is 5.63. The molecule has 1 aliphatic heterocycles. The molecule has 1 aromatic heterocycles. The van der Waals surface area contributed by atoms with E-state index < -0.39 is 17.5 Å². The number of carbonyl (C=O) groups excluding carboxylic acids is 1. The topological polar surface area (TPSA) is 70.6 Å². The Morgan fingerprint density at radius 3 is 2.59 bits per heavy atom. The summed E-state index contributed by atoms with van der Waals surface area (Å²) in [6.07, 6.45) is 0.934. The first-order valence-corrected chi connectivity index (χ1v) is 8.38. The lowest BCUT2D eigenvalue weighted by molar-refractivity contribution is 0.105. The molecule has 0 spiro atoms. The summed E-state index contributed by atoms with van der Waals surface area (Å²) >= 11 is 0. The van der Waals surface area contributed by atoms with Crippen LogP contribution in [0.3, 0.4) is 0 Å². The Hall–Kier alpha value is -3.04. The normalized spacial score (nSPS) is 14.2. The minimum atomic E-state index is -1.55. The monoisotopic (exact) mass is 381 g/mol. The molecule has 144 valence electrons. The van der Waals surface area contributed by atoms with Crippen molar-refractivity contribution in [2.24, 2.45) is 0 Å². The van der Waals surface area contributed by atoms with Crippen LogP contribution in [0.15, 0.2) is 24.5 Å². The number of hydrogen-bond acceptors (Lipinski definition) is 6. The molecule has 27 heavy (non-hydrogen) atoms. The van der Waals surface area contributed by atoms with Crippen molar-refractivity contribution in [1.29, 1.82) is 0 Å². The second kappa shape index (κ2) is 8.11. The van der Waals surface area contributed by atoms with Gasteiger partial charge in [-0.25, -0.2) is 27.9 Å². The molecule has 7 nitrogen and oxygen atoms in total. The van der Waals surface area contributed by atoms with Gasteiger partial charge in [-0.2, -0.15) is 0 Å². The Labute approximate surface area is 153 Å². The number of rotatable bonds is 4. The zero-order valence-electron chi connectivity index (χ0n) is 14.6. The van der Waals surface area contributed by atoms with Crippen LogP contribution in [0.25, 0.3) is 0 Å². The minimum Gasteiger partial charge on any atom is -0.450 e. The zero-order chi connectivity index (χ0) is 19.4. The largest absolute Gasteiger partial charge is 0.450 e. The van der Waals surface area contributed by atoms with E-state index in [1.54, 1.807) is 17.9 Å². The van der Waals surface area contributed by atoms with Crippen LogP contribution in [-0.4, -0.2) is 53.7 Å². The molecule has 0 bridgehead atoms. The predicted molar refractivity (Wildman–Crippen MR) is 92.4 cm³/mol. The number of halogens is 3. The molecule has 2 aromatic rings. The maximum Gasteiger partial charge on any atom is 0.409 e. The van der Waals surface area contributed by atoms with Crippen LogP contribution in [0.1, 0.15) is 6.92 Å². The van der Waals surface area contributed by atoms with E-state index in [-0.39, 0.29) is 17.6 Å². The molecule has 1 saturated heterocycles. The van der Waals surface area contributed by atoms with E-state index in [9.17, 15) is 18.0 Å². The average Bonchev–Trinajstić information content (AvgIpc) is 2.69. The van der Waals surface area contributed by atoms with Crippen molar-refractivity contribution in [3.05, 3.63) is 42.0 Å². The van der Waals surface area contributed by atoms with Gasteiger partial charge in [0.05, 0.1) is 12.3 Å². The summed E-state index contributed by atoms with van der Waals surface area (Å²) in [5.41, 5.74) is -0.231. The number of amides is 1. The Balaban J connectivity index is 1.68. The number of aromatic nitrogens is 2. The summed E-state index contributed by atoms with van der Waals surface area (Å²) in [5.74, 6) is -3.33. The molecular weight excluding hydrogens is 363 g/mol. The van der Waals surface area contributed by atoms with Crippen molar-refractivity contribution < 1.29 is 22.7 Å². The minimum absolute atomic E-state index is 0.231. The molecule has 1 amide bonds. The van der Waals surface area contributed by atoms with E-state index in [2.05, 4.69) is 15.3 Å². The smallest absolute Gasteiger partial charge is 0.409 e. The van der Waals surface area contributed by atoms with Crippen LogP contribution in [-0.2, 0) is 4.74 Å². The lowest BCUT2D eigenvalue weighted by Crippen LogP contribution is -2.49. The van der Waals surface area contributed by atoms with Crippen LogP contribution in [0.2, 0.25) is 0 Å². The summed E-state index contributed by atoms with van der Waals surface area (Å²) in [4.78, 5) is 23.4. The van der Waals surface area contributed by atoms with Crippen molar-refractivity contribution in [1.82, 2.24) is 14.9 Å². The first kappa shape index (κ1) is 18.7. The number of nitrogens with one attached hydrogen (secondary N) is 1. The predicted octanol–water partition coefficient (Wildman–Crippen LogP) is 2.92. The maximum atomic E-state index is 13.8. The summed E-state index contributed by atoms with van der Waals surface area (Å²) in [5, 5.41) is 2.62. The number of nitrogens with zero attached hydrogens (tertiary/aromatic N) is 4. The van der Waals surface area contributed by atoms with Crippen molar-refractivity contribution in [3.8, 4) is 0 Å². The van der Waals surface area contributed by atoms with Gasteiger partial charge in [-0.15, -0.1) is 0 Å². The van der Waals surface area contributed by atoms with E-state index in [1.165, 1.54) is 6.33 Å². The SMILES string of the molecule is CCOC(=O)N1CCN(c2cc(Nc3ccc(F)c(F)c3F)ncn2)CC1. The molecule has 0 unspecified atom stereocenters. The molecule has 1 aliphatic rings. The van der Waals surface area contributed by atoms with E-state index in [0.717, 1.165) is 12.1 Å². The molecule has 2 heterocycles. The molecule has 3 rings (SSSR count). The number of piperazine rings is 1. The third-order valence-electron chi connectivity index (χ3n) is 4.08. The van der Waals surface area contributed by atoms with E-state index in [4.69, 9.17) is 4.74 Å². The molecule has 1 N–H and O–H groups in total. The zero-order valence-corrected chi connectivity index (χ0v) is 14.6. The van der Waals surface area contributed by atoms with E-state index in [0.29, 0.717) is 38.6 Å². The lowest BCUT2D eigenvalue weighted by atomic mass is 10.2. The molecule has 0 atom stereocenters. The fourth-order valence-corrected chi connectivity index (χ4v) is 2.68. The standard InChI is InChI=1S/C17H18F3N5O2/c1-2-27-17(26)25-7-5-24(6-8-25)14-9-13(21-10-22-14)23-12-4-3-11(18)15(19)16(12)20/h3-4,9-10H,2,5-8H2,1H3,(H,21,22,23). The number of carbonyl (C=O) groups is 1. The quantitative estimate of drug-likeness (QED) is 0.822. The van der Waals surface area contributed by atoms with Crippen molar-refractivity contribution in [2.45, 2.75) is 6.92 Å². The Morgan fingerprint density at radius 2 is 1.89 bits per heavy atom. The van der Waals surface area contributed by atoms with Crippen LogP contribution in [0, 0.1) is 17.5 Å². The highest BCUT2D eigenvalue weighted by Crippen LogP contribution is 2.24. The maximum absolute atomic E-state index is 13.8. The van der Waals surface area contributed by atoms with Gasteiger partial charge >= 0.3 is 6.09 Å². The summed E-state index contributed by atoms with van der Waals surface area (Å²) in [6.45, 7) is 4.09. The van der Waals surface area contributed by atoms with Crippen molar-refractivity contribution >= 4 is 23.4 Å². The number of anilines is 3. The van der Waals surface area contributed by atoms with Gasteiger partial charge < -0.3 is 19.9 Å². The van der Waals surface area contributed by atoms with Gasteiger partial charge in [0.1, 0.15) is 18.0 Å². The molecule has 0 saturated carbocycles. The van der Waals surface area contributed by atoms with Gasteiger partial charge in [0.15, 0.2) is 17.5 Å². The second-order valence-electron chi connectivity index (χ2n) is 5.78. The van der Waals surface area contributed by atoms with Gasteiger partial charge in [-0.1, -0.05) is 0 Å². The summed E-state index contributed by atoms with van der Waals surface area (Å²) < 4.78 is 45.2. The van der Waals surface area contributed by atoms with Crippen LogP contribution >= 0.6 is 0 Å². The highest BCUT2D eigenvalue weighted by molar-refractivity contribution is 5.68. The van der Waals surface area contributed by atoms with Gasteiger partial charge in [-0.3, -0.25) is 0 Å². The van der Waals surface area contributed by atoms with Crippen molar-refractivity contribution in [2.75, 3.05) is 43.0 Å². The number of hydrogen-bond donors (Lipinski definition) is 1. The third kappa shape index (κ3) is 4.21. The molecule has 1 aromatic carbocycles. The summed E-state index contributed by atoms with van der Waals surface area (Å²) in [7, 11) is 0. The average molecular weight is 381 g/mol. The fraction of sp³-hybridized carbons (Fsp3) is 0.353. The van der Waals surface area contributed by atoms with Gasteiger partial charge in [0, 0.05) is 32.2 Å². The summed E-state index contributed by atoms with van der Waals surface area (Å²) in [6, 6.07) is 3.49. The molecule has 0 aliphatic carbocycles. The molecular formula is C17H18F3N5O2. The number of ether oxygens (including phenoxy) is 1. The lowest BCUT2D eigenvalue weighted by Gasteiger charge is -2.34. The second-order valence-corrected chi connectivity index (χ2v) is 5.78. The van der Waals surface area contributed by atoms with E-state index >= 15 is 0 Å². The molecule has 10 heteroatoms. The van der Waals surface area contributed by atoms with Crippen molar-refractivity contribution in [3.63, 3.8) is 0 Å². The van der Waals surface area contributed by atoms with Gasteiger partial charge in [0.2, 0.25) is 0 Å². The van der Waals surface area contributed by atoms with Crippen LogP contribution < -0.4 is 10.2 Å². The van der Waals surface area contributed by atoms with Gasteiger partial charge in [0.25, 0.3) is 0 Å². The third-order valence-corrected chi connectivity index (χ3v) is 4.08. The first-order chi connectivity index (χ1) is 13.0. The fourth-order valence-electron chi connectivity index (χ4n) is 2.68. The molecule has 1 fully saturated rings. The Morgan fingerprint density at radius 1 is 1.15 bits per heavy atom. The van der Waals surface area contributed by atoms with Crippen LogP contribution in [0.5, 0.6) is 0 Å². The number of benzene rings is 1. The molecule has 0 radical (unpaired) electrons. The van der Waals surface area contributed by atoms with E-state index in [1.807, 2.05) is 4.90 Å².